The number of rotatable bonds is 6. The molecule has 138 valence electrons. The number of hydrogen-bond acceptors (Lipinski definition) is 4. The summed E-state index contributed by atoms with van der Waals surface area (Å²) in [6, 6.07) is 14.0. The highest BCUT2D eigenvalue weighted by atomic mass is 79.9. The second-order valence-corrected chi connectivity index (χ2v) is 6.78. The number of benzene rings is 1. The molecule has 2 N–H and O–H groups in total. The lowest BCUT2D eigenvalue weighted by atomic mass is 10.1. The van der Waals surface area contributed by atoms with E-state index in [2.05, 4.69) is 31.5 Å². The number of carbonyl (C=O) groups is 2. The average molecular weight is 428 g/mol. The van der Waals surface area contributed by atoms with Crippen molar-refractivity contribution in [2.45, 2.75) is 19.4 Å². The van der Waals surface area contributed by atoms with Gasteiger partial charge in [-0.05, 0) is 70.4 Å². The van der Waals surface area contributed by atoms with Crippen molar-refractivity contribution in [2.24, 2.45) is 0 Å². The highest BCUT2D eigenvalue weighted by Crippen LogP contribution is 2.17. The van der Waals surface area contributed by atoms with E-state index in [9.17, 15) is 9.59 Å². The van der Waals surface area contributed by atoms with Crippen molar-refractivity contribution in [3.8, 4) is 0 Å². The summed E-state index contributed by atoms with van der Waals surface area (Å²) in [7, 11) is 0. The molecule has 0 fully saturated rings. The molecule has 2 heterocycles. The molecule has 3 aromatic rings. The summed E-state index contributed by atoms with van der Waals surface area (Å²) in [6.45, 7) is 1.93. The Bertz CT molecular complexity index is 923. The van der Waals surface area contributed by atoms with E-state index in [4.69, 9.17) is 4.42 Å². The van der Waals surface area contributed by atoms with E-state index in [1.54, 1.807) is 36.7 Å². The van der Waals surface area contributed by atoms with Crippen molar-refractivity contribution < 1.29 is 14.0 Å². The molecule has 2 amide bonds. The van der Waals surface area contributed by atoms with Crippen molar-refractivity contribution in [1.82, 2.24) is 10.3 Å². The molecule has 0 spiro atoms. The number of nitrogens with zero attached hydrogens (tertiary/aromatic N) is 1. The van der Waals surface area contributed by atoms with Crippen LogP contribution < -0.4 is 10.6 Å². The van der Waals surface area contributed by atoms with E-state index in [1.807, 2.05) is 31.2 Å². The fraction of sp³-hybridized carbons (Fsp3) is 0.150. The van der Waals surface area contributed by atoms with Gasteiger partial charge in [0.2, 0.25) is 5.91 Å². The van der Waals surface area contributed by atoms with Crippen LogP contribution in [-0.2, 0) is 11.2 Å². The van der Waals surface area contributed by atoms with Crippen LogP contribution in [-0.4, -0.2) is 16.8 Å². The maximum absolute atomic E-state index is 12.2. The number of nitrogens with one attached hydrogen (secondary N) is 2. The Balaban J connectivity index is 1.54. The van der Waals surface area contributed by atoms with Crippen molar-refractivity contribution >= 4 is 33.4 Å². The first-order valence-corrected chi connectivity index (χ1v) is 9.15. The Morgan fingerprint density at radius 2 is 1.78 bits per heavy atom. The number of furan rings is 1. The van der Waals surface area contributed by atoms with Crippen molar-refractivity contribution in [3.63, 3.8) is 0 Å². The highest BCUT2D eigenvalue weighted by Gasteiger charge is 2.12. The largest absolute Gasteiger partial charge is 0.444 e. The molecular formula is C20H18BrN3O3. The van der Waals surface area contributed by atoms with Gasteiger partial charge in [0, 0.05) is 18.1 Å². The van der Waals surface area contributed by atoms with E-state index >= 15 is 0 Å². The van der Waals surface area contributed by atoms with E-state index in [0.717, 1.165) is 11.1 Å². The van der Waals surface area contributed by atoms with Gasteiger partial charge in [0.05, 0.1) is 12.5 Å². The maximum atomic E-state index is 12.2. The molecular weight excluding hydrogens is 410 g/mol. The lowest BCUT2D eigenvalue weighted by molar-refractivity contribution is -0.121. The Morgan fingerprint density at radius 3 is 2.41 bits per heavy atom. The number of aromatic nitrogens is 1. The first-order chi connectivity index (χ1) is 13.0. The van der Waals surface area contributed by atoms with Gasteiger partial charge in [0.25, 0.3) is 5.91 Å². The number of pyridine rings is 1. The molecule has 0 aliphatic rings. The molecule has 1 aromatic carbocycles. The molecule has 1 atom stereocenters. The fourth-order valence-corrected chi connectivity index (χ4v) is 2.85. The fourth-order valence-electron chi connectivity index (χ4n) is 2.55. The summed E-state index contributed by atoms with van der Waals surface area (Å²) < 4.78 is 5.71. The smallest absolute Gasteiger partial charge is 0.291 e. The predicted octanol–water partition coefficient (Wildman–Crippen LogP) is 4.11. The average Bonchev–Trinajstić information content (AvgIpc) is 3.10. The zero-order valence-corrected chi connectivity index (χ0v) is 16.2. The van der Waals surface area contributed by atoms with Crippen LogP contribution in [0.25, 0.3) is 0 Å². The van der Waals surface area contributed by atoms with Gasteiger partial charge in [-0.25, -0.2) is 0 Å². The third kappa shape index (κ3) is 5.27. The topological polar surface area (TPSA) is 84.2 Å². The van der Waals surface area contributed by atoms with Crippen LogP contribution >= 0.6 is 15.9 Å². The van der Waals surface area contributed by atoms with E-state index in [0.29, 0.717) is 10.4 Å². The molecule has 3 rings (SSSR count). The standard InChI is InChI=1S/C20H18BrN3O3/c1-13(15-8-10-22-11-9-15)23-19(25)12-14-2-4-16(5-3-14)24-20(26)17-6-7-18(21)27-17/h2-11,13H,12H2,1H3,(H,23,25)(H,24,26)/t13-/m0/s1. The SMILES string of the molecule is C[C@H](NC(=O)Cc1ccc(NC(=O)c2ccc(Br)o2)cc1)c1ccncc1. The van der Waals surface area contributed by atoms with Crippen LogP contribution in [0, 0.1) is 0 Å². The van der Waals surface area contributed by atoms with Gasteiger partial charge >= 0.3 is 0 Å². The van der Waals surface area contributed by atoms with Gasteiger partial charge in [-0.1, -0.05) is 12.1 Å². The minimum Gasteiger partial charge on any atom is -0.444 e. The van der Waals surface area contributed by atoms with Gasteiger partial charge in [0.15, 0.2) is 10.4 Å². The van der Waals surface area contributed by atoms with Gasteiger partial charge in [-0.15, -0.1) is 0 Å². The normalized spacial score (nSPS) is 11.6. The molecule has 6 nitrogen and oxygen atoms in total. The van der Waals surface area contributed by atoms with Crippen LogP contribution in [0.3, 0.4) is 0 Å². The summed E-state index contributed by atoms with van der Waals surface area (Å²) in [5.41, 5.74) is 2.48. The lowest BCUT2D eigenvalue weighted by Gasteiger charge is -2.14. The van der Waals surface area contributed by atoms with Crippen LogP contribution in [0.15, 0.2) is 70.0 Å². The quantitative estimate of drug-likeness (QED) is 0.619. The molecule has 0 radical (unpaired) electrons. The summed E-state index contributed by atoms with van der Waals surface area (Å²) in [5, 5.41) is 5.71. The molecule has 7 heteroatoms. The summed E-state index contributed by atoms with van der Waals surface area (Å²) >= 11 is 3.16. The van der Waals surface area contributed by atoms with Crippen molar-refractivity contribution in [1.29, 1.82) is 0 Å². The summed E-state index contributed by atoms with van der Waals surface area (Å²) in [6.07, 6.45) is 3.66. The molecule has 0 saturated heterocycles. The third-order valence-corrected chi connectivity index (χ3v) is 4.38. The molecule has 0 aliphatic carbocycles. The second-order valence-electron chi connectivity index (χ2n) is 6.00. The van der Waals surface area contributed by atoms with Crippen molar-refractivity contribution in [3.05, 3.63) is 82.5 Å². The first-order valence-electron chi connectivity index (χ1n) is 8.36. The van der Waals surface area contributed by atoms with Crippen molar-refractivity contribution in [2.75, 3.05) is 5.32 Å². The first kappa shape index (κ1) is 18.8. The number of hydrogen-bond donors (Lipinski definition) is 2. The molecule has 0 bridgehead atoms. The van der Waals surface area contributed by atoms with Gasteiger partial charge < -0.3 is 15.1 Å². The Labute approximate surface area is 165 Å². The highest BCUT2D eigenvalue weighted by molar-refractivity contribution is 9.10. The number of anilines is 1. The van der Waals surface area contributed by atoms with Crippen LogP contribution in [0.5, 0.6) is 0 Å². The van der Waals surface area contributed by atoms with E-state index in [-0.39, 0.29) is 30.0 Å². The Kier molecular flexibility index (Phi) is 6.03. The maximum Gasteiger partial charge on any atom is 0.291 e. The zero-order chi connectivity index (χ0) is 19.2. The third-order valence-electron chi connectivity index (χ3n) is 3.96. The Hall–Kier alpha value is -2.93. The zero-order valence-electron chi connectivity index (χ0n) is 14.6. The lowest BCUT2D eigenvalue weighted by Crippen LogP contribution is -2.28. The molecule has 0 unspecified atom stereocenters. The number of amides is 2. The van der Waals surface area contributed by atoms with Crippen LogP contribution in [0.1, 0.15) is 34.6 Å². The Morgan fingerprint density at radius 1 is 1.07 bits per heavy atom. The summed E-state index contributed by atoms with van der Waals surface area (Å²) in [5.74, 6) is -0.190. The van der Waals surface area contributed by atoms with Gasteiger partial charge in [-0.3, -0.25) is 14.6 Å². The predicted molar refractivity (Wildman–Crippen MR) is 105 cm³/mol. The molecule has 2 aromatic heterocycles. The van der Waals surface area contributed by atoms with Gasteiger partial charge in [0.1, 0.15) is 0 Å². The number of carbonyl (C=O) groups excluding carboxylic acids is 2. The molecule has 27 heavy (non-hydrogen) atoms. The van der Waals surface area contributed by atoms with Crippen LogP contribution in [0.4, 0.5) is 5.69 Å². The molecule has 0 aliphatic heterocycles. The van der Waals surface area contributed by atoms with Gasteiger partial charge in [-0.2, -0.15) is 0 Å². The van der Waals surface area contributed by atoms with E-state index in [1.165, 1.54) is 0 Å². The summed E-state index contributed by atoms with van der Waals surface area (Å²) in [4.78, 5) is 28.3. The van der Waals surface area contributed by atoms with Crippen LogP contribution in [0.2, 0.25) is 0 Å². The van der Waals surface area contributed by atoms with E-state index < -0.39 is 0 Å². The number of halogens is 1. The minimum atomic E-state index is -0.336. The minimum absolute atomic E-state index is 0.0727. The monoisotopic (exact) mass is 427 g/mol. The second kappa shape index (κ2) is 8.64. The molecule has 0 saturated carbocycles.